The number of Topliss-reactive ketones (excluding diaryl/α,β-unsaturated/α-hetero) is 1. The van der Waals surface area contributed by atoms with Crippen molar-refractivity contribution < 1.29 is 24.0 Å². The van der Waals surface area contributed by atoms with Crippen molar-refractivity contribution in [1.29, 1.82) is 0 Å². The number of amides is 4. The van der Waals surface area contributed by atoms with Crippen LogP contribution in [0.5, 0.6) is 0 Å². The molecule has 0 radical (unpaired) electrons. The molecule has 0 aliphatic rings. The lowest BCUT2D eigenvalue weighted by Crippen LogP contribution is -2.49. The van der Waals surface area contributed by atoms with Crippen LogP contribution in [0.4, 0.5) is 0 Å². The monoisotopic (exact) mass is 577 g/mol. The SMILES string of the molecule is CC(C)C.CCC.C[C@H](NC(=O)CNC(=O)c1cccc2ncccc12)C(=O)NCC(=O)C(=O)NCc1ccccc1. The van der Waals surface area contributed by atoms with Gasteiger partial charge in [0.2, 0.25) is 17.6 Å². The van der Waals surface area contributed by atoms with Gasteiger partial charge in [0.05, 0.1) is 18.6 Å². The Bertz CT molecular complexity index is 1300. The van der Waals surface area contributed by atoms with Gasteiger partial charge < -0.3 is 21.3 Å². The highest BCUT2D eigenvalue weighted by Crippen LogP contribution is 2.16. The molecule has 3 aromatic rings. The summed E-state index contributed by atoms with van der Waals surface area (Å²) >= 11 is 0. The standard InChI is InChI=1S/C25H25N5O5.C4H10.C3H8/c1-16(23(33)28-14-21(31)25(35)27-13-17-7-3-2-4-8-17)30-22(32)15-29-24(34)19-9-5-11-20-18(19)10-6-12-26-20;1-4(2)3;1-3-2/h2-12,16H,13-15H2,1H3,(H,27,35)(H,28,33)(H,29,34)(H,30,32);4H,1-3H3;3H2,1-2H3/t16-;;/m0../s1. The van der Waals surface area contributed by atoms with Gasteiger partial charge in [-0.25, -0.2) is 0 Å². The number of fused-ring (bicyclic) bond motifs is 1. The number of carbonyl (C=O) groups excluding carboxylic acids is 5. The first kappa shape index (κ1) is 35.4. The molecular weight excluding hydrogens is 534 g/mol. The summed E-state index contributed by atoms with van der Waals surface area (Å²) in [5, 5.41) is 10.4. The van der Waals surface area contributed by atoms with Gasteiger partial charge in [-0.15, -0.1) is 0 Å². The first-order valence-electron chi connectivity index (χ1n) is 14.0. The predicted molar refractivity (Wildman–Crippen MR) is 164 cm³/mol. The Labute approximate surface area is 248 Å². The molecule has 1 aromatic heterocycles. The third-order valence-electron chi connectivity index (χ3n) is 5.04. The summed E-state index contributed by atoms with van der Waals surface area (Å²) in [7, 11) is 0. The van der Waals surface area contributed by atoms with Crippen LogP contribution in [0.2, 0.25) is 0 Å². The van der Waals surface area contributed by atoms with Crippen LogP contribution in [-0.2, 0) is 25.7 Å². The maximum atomic E-state index is 12.5. The van der Waals surface area contributed by atoms with Crippen molar-refractivity contribution in [3.8, 4) is 0 Å². The molecule has 0 saturated carbocycles. The summed E-state index contributed by atoms with van der Waals surface area (Å²) in [6.07, 6.45) is 2.87. The second kappa shape index (κ2) is 19.5. The number of ketones is 1. The molecule has 0 saturated heterocycles. The second-order valence-corrected chi connectivity index (χ2v) is 10.1. The first-order valence-corrected chi connectivity index (χ1v) is 14.0. The normalized spacial score (nSPS) is 10.6. The zero-order valence-corrected chi connectivity index (χ0v) is 25.3. The van der Waals surface area contributed by atoms with Crippen LogP contribution >= 0.6 is 0 Å². The Balaban J connectivity index is 0.00000114. The van der Waals surface area contributed by atoms with Crippen molar-refractivity contribution in [2.24, 2.45) is 5.92 Å². The smallest absolute Gasteiger partial charge is 0.289 e. The number of benzene rings is 2. The molecule has 0 unspecified atom stereocenters. The van der Waals surface area contributed by atoms with Crippen molar-refractivity contribution in [1.82, 2.24) is 26.3 Å². The third kappa shape index (κ3) is 13.6. The topological polar surface area (TPSA) is 146 Å². The molecule has 0 spiro atoms. The lowest BCUT2D eigenvalue weighted by molar-refractivity contribution is -0.138. The van der Waals surface area contributed by atoms with Gasteiger partial charge in [-0.1, -0.05) is 83.5 Å². The van der Waals surface area contributed by atoms with Crippen molar-refractivity contribution in [2.75, 3.05) is 13.1 Å². The van der Waals surface area contributed by atoms with Crippen LogP contribution in [0.1, 0.15) is 63.9 Å². The van der Waals surface area contributed by atoms with E-state index in [4.69, 9.17) is 0 Å². The Kier molecular flexibility index (Phi) is 16.4. The second-order valence-electron chi connectivity index (χ2n) is 10.1. The van der Waals surface area contributed by atoms with Crippen molar-refractivity contribution in [3.63, 3.8) is 0 Å². The molecule has 0 bridgehead atoms. The molecule has 0 fully saturated rings. The van der Waals surface area contributed by atoms with Crippen LogP contribution in [0, 0.1) is 5.92 Å². The first-order chi connectivity index (χ1) is 20.0. The number of nitrogens with one attached hydrogen (secondary N) is 4. The molecule has 42 heavy (non-hydrogen) atoms. The van der Waals surface area contributed by atoms with E-state index in [1.165, 1.54) is 13.3 Å². The number of hydrogen-bond donors (Lipinski definition) is 4. The molecular formula is C32H43N5O5. The Morgan fingerprint density at radius 2 is 1.40 bits per heavy atom. The van der Waals surface area contributed by atoms with E-state index in [9.17, 15) is 24.0 Å². The molecule has 226 valence electrons. The van der Waals surface area contributed by atoms with Crippen LogP contribution in [-0.4, -0.2) is 53.5 Å². The number of rotatable bonds is 10. The molecule has 3 rings (SSSR count). The maximum absolute atomic E-state index is 12.5. The van der Waals surface area contributed by atoms with E-state index < -0.39 is 42.0 Å². The zero-order valence-electron chi connectivity index (χ0n) is 25.3. The number of hydrogen-bond acceptors (Lipinski definition) is 6. The zero-order chi connectivity index (χ0) is 31.5. The van der Waals surface area contributed by atoms with E-state index in [-0.39, 0.29) is 13.1 Å². The highest BCUT2D eigenvalue weighted by molar-refractivity contribution is 6.37. The lowest BCUT2D eigenvalue weighted by Gasteiger charge is -2.14. The van der Waals surface area contributed by atoms with Gasteiger partial charge in [0.15, 0.2) is 0 Å². The molecule has 4 N–H and O–H groups in total. The van der Waals surface area contributed by atoms with Gasteiger partial charge in [0, 0.05) is 23.7 Å². The Morgan fingerprint density at radius 3 is 2.05 bits per heavy atom. The van der Waals surface area contributed by atoms with Crippen molar-refractivity contribution in [2.45, 2.75) is 60.5 Å². The summed E-state index contributed by atoms with van der Waals surface area (Å²) < 4.78 is 0. The van der Waals surface area contributed by atoms with Gasteiger partial charge in [-0.2, -0.15) is 0 Å². The highest BCUT2D eigenvalue weighted by Gasteiger charge is 2.19. The van der Waals surface area contributed by atoms with Crippen molar-refractivity contribution in [3.05, 3.63) is 78.0 Å². The molecule has 4 amide bonds. The van der Waals surface area contributed by atoms with Crippen LogP contribution < -0.4 is 21.3 Å². The molecule has 1 heterocycles. The molecule has 10 nitrogen and oxygen atoms in total. The van der Waals surface area contributed by atoms with E-state index in [1.54, 1.807) is 48.7 Å². The molecule has 2 aromatic carbocycles. The van der Waals surface area contributed by atoms with E-state index in [1.807, 2.05) is 18.2 Å². The van der Waals surface area contributed by atoms with Gasteiger partial charge in [-0.3, -0.25) is 29.0 Å². The Hall–Kier alpha value is -4.60. The van der Waals surface area contributed by atoms with Crippen molar-refractivity contribution >= 4 is 40.3 Å². The molecule has 0 aliphatic carbocycles. The maximum Gasteiger partial charge on any atom is 0.289 e. The Morgan fingerprint density at radius 1 is 0.762 bits per heavy atom. The van der Waals surface area contributed by atoms with Crippen LogP contribution in [0.25, 0.3) is 10.9 Å². The summed E-state index contributed by atoms with van der Waals surface area (Å²) in [6.45, 7) is 11.5. The summed E-state index contributed by atoms with van der Waals surface area (Å²) in [4.78, 5) is 64.9. The summed E-state index contributed by atoms with van der Waals surface area (Å²) in [6, 6.07) is 16.6. The average molecular weight is 578 g/mol. The van der Waals surface area contributed by atoms with Gasteiger partial charge in [0.1, 0.15) is 6.04 Å². The molecule has 10 heteroatoms. The number of nitrogens with zero attached hydrogens (tertiary/aromatic N) is 1. The number of pyridine rings is 1. The average Bonchev–Trinajstić information content (AvgIpc) is 2.97. The van der Waals surface area contributed by atoms with E-state index in [2.05, 4.69) is 60.9 Å². The van der Waals surface area contributed by atoms with Crippen LogP contribution in [0.3, 0.4) is 0 Å². The minimum atomic E-state index is -0.985. The number of aromatic nitrogens is 1. The fraction of sp³-hybridized carbons (Fsp3) is 0.375. The van der Waals surface area contributed by atoms with Gasteiger partial charge in [-0.05, 0) is 36.6 Å². The predicted octanol–water partition coefficient (Wildman–Crippen LogP) is 3.55. The van der Waals surface area contributed by atoms with Gasteiger partial charge in [0.25, 0.3) is 11.8 Å². The van der Waals surface area contributed by atoms with Crippen LogP contribution in [0.15, 0.2) is 66.9 Å². The fourth-order valence-corrected chi connectivity index (χ4v) is 3.19. The largest absolute Gasteiger partial charge is 0.347 e. The van der Waals surface area contributed by atoms with E-state index in [0.29, 0.717) is 16.5 Å². The quantitative estimate of drug-likeness (QED) is 0.271. The fourth-order valence-electron chi connectivity index (χ4n) is 3.19. The minimum absolute atomic E-state index is 0.187. The number of carbonyl (C=O) groups is 5. The van der Waals surface area contributed by atoms with E-state index in [0.717, 1.165) is 11.5 Å². The summed E-state index contributed by atoms with van der Waals surface area (Å²) in [5.74, 6) is -2.50. The molecule has 0 aliphatic heterocycles. The van der Waals surface area contributed by atoms with E-state index >= 15 is 0 Å². The lowest BCUT2D eigenvalue weighted by atomic mass is 10.1. The highest BCUT2D eigenvalue weighted by atomic mass is 16.2. The molecule has 1 atom stereocenters. The van der Waals surface area contributed by atoms with Gasteiger partial charge >= 0.3 is 0 Å². The third-order valence-corrected chi connectivity index (χ3v) is 5.04. The summed E-state index contributed by atoms with van der Waals surface area (Å²) in [5.41, 5.74) is 1.86. The minimum Gasteiger partial charge on any atom is -0.347 e.